The lowest BCUT2D eigenvalue weighted by Gasteiger charge is -2.17. The van der Waals surface area contributed by atoms with Crippen LogP contribution >= 0.6 is 0 Å². The molecule has 1 aliphatic rings. The Labute approximate surface area is 243 Å². The standard InChI is InChI=1S/C38H24N4/c39-23-25-17-19-38(42-36-15-7-3-11-30(36)31-12-4-8-16-37(31)42)32(21-25)26-18-20-33(27(22-26)24-40)41-34-13-5-1-9-28(34)29-10-2-6-14-35(29)41/h1-5,7-13,15-22H,6,14H2. The summed E-state index contributed by atoms with van der Waals surface area (Å²) in [5, 5.41) is 23.9. The summed E-state index contributed by atoms with van der Waals surface area (Å²) < 4.78 is 4.53. The molecule has 0 saturated carbocycles. The van der Waals surface area contributed by atoms with Gasteiger partial charge in [0.1, 0.15) is 6.07 Å². The maximum Gasteiger partial charge on any atom is 0.101 e. The Morgan fingerprint density at radius 3 is 1.93 bits per heavy atom. The Balaban J connectivity index is 1.38. The highest BCUT2D eigenvalue weighted by Crippen LogP contribution is 2.39. The van der Waals surface area contributed by atoms with Crippen LogP contribution in [0.25, 0.3) is 61.3 Å². The summed E-state index contributed by atoms with van der Waals surface area (Å²) in [5.74, 6) is 0. The van der Waals surface area contributed by atoms with Crippen LogP contribution in [0.5, 0.6) is 0 Å². The lowest BCUT2D eigenvalue weighted by molar-refractivity contribution is 0.887. The molecule has 0 unspecified atom stereocenters. The fraction of sp³-hybridized carbons (Fsp3) is 0.0526. The van der Waals surface area contributed by atoms with E-state index >= 15 is 0 Å². The third-order valence-electron chi connectivity index (χ3n) is 8.46. The second kappa shape index (κ2) is 9.37. The Bertz CT molecular complexity index is 2280. The van der Waals surface area contributed by atoms with Crippen molar-refractivity contribution >= 4 is 38.8 Å². The van der Waals surface area contributed by atoms with Crippen molar-refractivity contribution < 1.29 is 0 Å². The average Bonchev–Trinajstić information content (AvgIpc) is 3.57. The highest BCUT2D eigenvalue weighted by molar-refractivity contribution is 6.09. The molecular weight excluding hydrogens is 512 g/mol. The molecule has 7 aromatic rings. The van der Waals surface area contributed by atoms with Crippen molar-refractivity contribution in [2.45, 2.75) is 12.8 Å². The number of rotatable bonds is 3. The van der Waals surface area contributed by atoms with Crippen molar-refractivity contribution in [1.29, 1.82) is 10.5 Å². The molecule has 5 aromatic carbocycles. The van der Waals surface area contributed by atoms with Crippen molar-refractivity contribution in [3.63, 3.8) is 0 Å². The molecule has 0 fully saturated rings. The van der Waals surface area contributed by atoms with Crippen molar-refractivity contribution in [2.24, 2.45) is 0 Å². The zero-order valence-electron chi connectivity index (χ0n) is 22.8. The zero-order valence-corrected chi connectivity index (χ0v) is 22.8. The van der Waals surface area contributed by atoms with Gasteiger partial charge in [-0.1, -0.05) is 72.8 Å². The van der Waals surface area contributed by atoms with E-state index in [1.807, 2.05) is 24.3 Å². The van der Waals surface area contributed by atoms with Crippen molar-refractivity contribution in [1.82, 2.24) is 9.13 Å². The molecule has 0 spiro atoms. The first-order valence-corrected chi connectivity index (χ1v) is 14.1. The van der Waals surface area contributed by atoms with Gasteiger partial charge in [-0.25, -0.2) is 0 Å². The van der Waals surface area contributed by atoms with E-state index in [9.17, 15) is 10.5 Å². The third kappa shape index (κ3) is 3.46. The Morgan fingerprint density at radius 1 is 0.595 bits per heavy atom. The minimum atomic E-state index is 0.578. The number of para-hydroxylation sites is 3. The number of nitriles is 2. The van der Waals surface area contributed by atoms with Gasteiger partial charge in [-0.05, 0) is 66.9 Å². The fourth-order valence-corrected chi connectivity index (χ4v) is 6.65. The van der Waals surface area contributed by atoms with Gasteiger partial charge in [0.2, 0.25) is 0 Å². The fourth-order valence-electron chi connectivity index (χ4n) is 6.65. The van der Waals surface area contributed by atoms with Crippen LogP contribution in [0.4, 0.5) is 0 Å². The van der Waals surface area contributed by atoms with Crippen LogP contribution in [0, 0.1) is 22.7 Å². The Kier molecular flexibility index (Phi) is 5.36. The van der Waals surface area contributed by atoms with Gasteiger partial charge in [-0.3, -0.25) is 0 Å². The molecule has 0 radical (unpaired) electrons. The minimum absolute atomic E-state index is 0.578. The van der Waals surface area contributed by atoms with E-state index in [1.165, 1.54) is 27.4 Å². The van der Waals surface area contributed by atoms with Crippen LogP contribution in [-0.4, -0.2) is 9.13 Å². The van der Waals surface area contributed by atoms with Gasteiger partial charge < -0.3 is 9.13 Å². The van der Waals surface area contributed by atoms with Gasteiger partial charge in [0.25, 0.3) is 0 Å². The van der Waals surface area contributed by atoms with Gasteiger partial charge in [-0.15, -0.1) is 0 Å². The van der Waals surface area contributed by atoms with E-state index in [2.05, 4.69) is 118 Å². The predicted molar refractivity (Wildman–Crippen MR) is 170 cm³/mol. The van der Waals surface area contributed by atoms with E-state index < -0.39 is 0 Å². The molecule has 4 heteroatoms. The number of hydrogen-bond acceptors (Lipinski definition) is 2. The first-order chi connectivity index (χ1) is 20.8. The van der Waals surface area contributed by atoms with Crippen molar-refractivity contribution in [3.8, 4) is 34.6 Å². The molecule has 0 aliphatic heterocycles. The number of fused-ring (bicyclic) bond motifs is 6. The number of benzene rings is 5. The average molecular weight is 537 g/mol. The molecule has 1 aliphatic carbocycles. The molecule has 0 saturated heterocycles. The molecule has 0 bridgehead atoms. The highest BCUT2D eigenvalue weighted by atomic mass is 15.0. The third-order valence-corrected chi connectivity index (χ3v) is 8.46. The summed E-state index contributed by atoms with van der Waals surface area (Å²) in [5.41, 5.74) is 10.6. The SMILES string of the molecule is N#Cc1ccc(-n2c3ccccc3c3ccccc32)c(-c2ccc(-n3c4c(c5ccccc53)C=CCC4)c(C#N)c2)c1. The summed E-state index contributed by atoms with van der Waals surface area (Å²) in [4.78, 5) is 0. The summed E-state index contributed by atoms with van der Waals surface area (Å²) in [7, 11) is 0. The van der Waals surface area contributed by atoms with Crippen LogP contribution in [0.1, 0.15) is 28.8 Å². The van der Waals surface area contributed by atoms with Crippen LogP contribution < -0.4 is 0 Å². The molecular formula is C38H24N4. The van der Waals surface area contributed by atoms with Crippen LogP contribution in [-0.2, 0) is 6.42 Å². The smallest absolute Gasteiger partial charge is 0.101 e. The Hall–Kier alpha value is -5.84. The van der Waals surface area contributed by atoms with Crippen LogP contribution in [0.2, 0.25) is 0 Å². The van der Waals surface area contributed by atoms with Gasteiger partial charge in [-0.2, -0.15) is 10.5 Å². The van der Waals surface area contributed by atoms with E-state index in [-0.39, 0.29) is 0 Å². The highest BCUT2D eigenvalue weighted by Gasteiger charge is 2.21. The number of allylic oxidation sites excluding steroid dienone is 1. The lowest BCUT2D eigenvalue weighted by Crippen LogP contribution is -2.05. The van der Waals surface area contributed by atoms with Gasteiger partial charge in [0.15, 0.2) is 0 Å². The maximum absolute atomic E-state index is 10.5. The van der Waals surface area contributed by atoms with E-state index in [4.69, 9.17) is 0 Å². The molecule has 0 atom stereocenters. The summed E-state index contributed by atoms with van der Waals surface area (Å²) in [6.07, 6.45) is 6.34. The summed E-state index contributed by atoms with van der Waals surface area (Å²) in [6.45, 7) is 0. The van der Waals surface area contributed by atoms with Crippen molar-refractivity contribution in [2.75, 3.05) is 0 Å². The molecule has 0 N–H and O–H groups in total. The number of nitrogens with zero attached hydrogens (tertiary/aromatic N) is 4. The van der Waals surface area contributed by atoms with E-state index in [1.54, 1.807) is 0 Å². The largest absolute Gasteiger partial charge is 0.312 e. The molecule has 2 aromatic heterocycles. The van der Waals surface area contributed by atoms with Crippen molar-refractivity contribution in [3.05, 3.63) is 138 Å². The molecule has 4 nitrogen and oxygen atoms in total. The minimum Gasteiger partial charge on any atom is -0.312 e. The molecule has 8 rings (SSSR count). The monoisotopic (exact) mass is 536 g/mol. The zero-order chi connectivity index (χ0) is 28.2. The number of aromatic nitrogens is 2. The predicted octanol–water partition coefficient (Wildman–Crippen LogP) is 9.10. The van der Waals surface area contributed by atoms with Crippen LogP contribution in [0.3, 0.4) is 0 Å². The van der Waals surface area contributed by atoms with Gasteiger partial charge >= 0.3 is 0 Å². The second-order valence-electron chi connectivity index (χ2n) is 10.7. The quantitative estimate of drug-likeness (QED) is 0.226. The van der Waals surface area contributed by atoms with Crippen LogP contribution in [0.15, 0.2) is 115 Å². The molecule has 196 valence electrons. The van der Waals surface area contributed by atoms with Gasteiger partial charge in [0, 0.05) is 33.0 Å². The second-order valence-corrected chi connectivity index (χ2v) is 10.7. The summed E-state index contributed by atoms with van der Waals surface area (Å²) >= 11 is 0. The summed E-state index contributed by atoms with van der Waals surface area (Å²) in [6, 6.07) is 42.0. The first-order valence-electron chi connectivity index (χ1n) is 14.1. The topological polar surface area (TPSA) is 57.4 Å². The maximum atomic E-state index is 10.5. The lowest BCUT2D eigenvalue weighted by atomic mass is 9.98. The number of hydrogen-bond donors (Lipinski definition) is 0. The van der Waals surface area contributed by atoms with Gasteiger partial charge in [0.05, 0.1) is 45.1 Å². The molecule has 2 heterocycles. The normalized spacial score (nSPS) is 12.4. The van der Waals surface area contributed by atoms with E-state index in [0.717, 1.165) is 51.9 Å². The van der Waals surface area contributed by atoms with E-state index in [0.29, 0.717) is 11.1 Å². The first kappa shape index (κ1) is 24.0. The molecule has 0 amide bonds. The molecule has 42 heavy (non-hydrogen) atoms. The Morgan fingerprint density at radius 2 is 1.24 bits per heavy atom.